The van der Waals surface area contributed by atoms with Gasteiger partial charge in [-0.3, -0.25) is 4.79 Å². The van der Waals surface area contributed by atoms with Gasteiger partial charge in [0.25, 0.3) is 11.5 Å². The van der Waals surface area contributed by atoms with Crippen LogP contribution < -0.4 is 5.56 Å². The molecule has 2 nitrogen and oxygen atoms in total. The van der Waals surface area contributed by atoms with E-state index >= 15 is 0 Å². The number of aromatic nitrogens is 1. The molecule has 0 spiro atoms. The van der Waals surface area contributed by atoms with E-state index in [1.807, 2.05) is 0 Å². The third kappa shape index (κ3) is 1.22. The molecule has 0 saturated heterocycles. The summed E-state index contributed by atoms with van der Waals surface area (Å²) in [7, 11) is 0. The summed E-state index contributed by atoms with van der Waals surface area (Å²) in [5.74, 6) is -2.88. The lowest BCUT2D eigenvalue weighted by molar-refractivity contribution is -0.00299. The highest BCUT2D eigenvalue weighted by Gasteiger charge is 2.42. The van der Waals surface area contributed by atoms with Gasteiger partial charge in [-0.15, -0.1) is 0 Å². The molecule has 76 valence electrons. The Kier molecular flexibility index (Phi) is 2.03. The van der Waals surface area contributed by atoms with Gasteiger partial charge in [0.1, 0.15) is 5.69 Å². The molecule has 2 rings (SSSR count). The van der Waals surface area contributed by atoms with E-state index in [4.69, 9.17) is 0 Å². The molecule has 1 aliphatic heterocycles. The van der Waals surface area contributed by atoms with Crippen LogP contribution in [0, 0.1) is 6.92 Å². The van der Waals surface area contributed by atoms with Crippen LogP contribution in [0.25, 0.3) is 0 Å². The lowest BCUT2D eigenvalue weighted by atomic mass is 10.2. The van der Waals surface area contributed by atoms with Crippen molar-refractivity contribution in [1.29, 1.82) is 0 Å². The summed E-state index contributed by atoms with van der Waals surface area (Å²) in [6.07, 6.45) is -0.287. The van der Waals surface area contributed by atoms with Gasteiger partial charge in [0, 0.05) is 23.0 Å². The van der Waals surface area contributed by atoms with Gasteiger partial charge in [-0.05, 0) is 28.9 Å². The van der Waals surface area contributed by atoms with E-state index in [-0.39, 0.29) is 24.2 Å². The van der Waals surface area contributed by atoms with Crippen LogP contribution in [0.2, 0.25) is 0 Å². The first-order valence-electron chi connectivity index (χ1n) is 4.22. The number of pyridine rings is 1. The van der Waals surface area contributed by atoms with Crippen LogP contribution in [0.15, 0.2) is 15.3 Å². The fourth-order valence-corrected chi connectivity index (χ4v) is 2.57. The number of rotatable bonds is 0. The minimum Gasteiger partial charge on any atom is -0.306 e. The SMILES string of the molecule is Cc1cc(Br)c2n(c1=O)CCC2(F)F. The zero-order valence-corrected chi connectivity index (χ0v) is 9.07. The Bertz CT molecular complexity index is 453. The minimum atomic E-state index is -2.88. The Balaban J connectivity index is 2.81. The number of hydrogen-bond donors (Lipinski definition) is 0. The van der Waals surface area contributed by atoms with Crippen molar-refractivity contribution in [3.8, 4) is 0 Å². The molecule has 0 amide bonds. The van der Waals surface area contributed by atoms with Crippen molar-refractivity contribution in [3.63, 3.8) is 0 Å². The van der Waals surface area contributed by atoms with Crippen LogP contribution in [0.4, 0.5) is 8.78 Å². The number of hydrogen-bond acceptors (Lipinski definition) is 1. The molecule has 1 aromatic heterocycles. The average Bonchev–Trinajstić information content (AvgIpc) is 2.38. The van der Waals surface area contributed by atoms with Crippen molar-refractivity contribution in [1.82, 2.24) is 4.57 Å². The molecule has 5 heteroatoms. The monoisotopic (exact) mass is 263 g/mol. The molecule has 1 aromatic rings. The predicted octanol–water partition coefficient (Wildman–Crippen LogP) is 2.41. The van der Waals surface area contributed by atoms with Crippen LogP contribution in [0.5, 0.6) is 0 Å². The van der Waals surface area contributed by atoms with E-state index < -0.39 is 5.92 Å². The van der Waals surface area contributed by atoms with Gasteiger partial charge in [0.2, 0.25) is 0 Å². The summed E-state index contributed by atoms with van der Waals surface area (Å²) in [6, 6.07) is 1.45. The van der Waals surface area contributed by atoms with Crippen LogP contribution in [0.1, 0.15) is 17.7 Å². The lowest BCUT2D eigenvalue weighted by Gasteiger charge is -2.12. The first kappa shape index (κ1) is 9.83. The van der Waals surface area contributed by atoms with Crippen molar-refractivity contribution < 1.29 is 8.78 Å². The number of alkyl halides is 2. The molecule has 0 bridgehead atoms. The van der Waals surface area contributed by atoms with Gasteiger partial charge in [0.15, 0.2) is 0 Å². The van der Waals surface area contributed by atoms with Gasteiger partial charge >= 0.3 is 0 Å². The predicted molar refractivity (Wildman–Crippen MR) is 51.7 cm³/mol. The van der Waals surface area contributed by atoms with Gasteiger partial charge in [-0.25, -0.2) is 0 Å². The molecule has 0 radical (unpaired) electrons. The maximum absolute atomic E-state index is 13.3. The number of halogens is 3. The summed E-state index contributed by atoms with van der Waals surface area (Å²) in [5, 5.41) is 0. The summed E-state index contributed by atoms with van der Waals surface area (Å²) in [4.78, 5) is 11.5. The smallest absolute Gasteiger partial charge is 0.290 e. The quantitative estimate of drug-likeness (QED) is 0.705. The number of fused-ring (bicyclic) bond motifs is 1. The standard InChI is InChI=1S/C9H8BrF2NO/c1-5-4-6(10)7-9(11,12)2-3-13(7)8(5)14/h4H,2-3H2,1H3. The molecule has 0 aromatic carbocycles. The Morgan fingerprint density at radius 1 is 1.57 bits per heavy atom. The molecule has 0 aliphatic carbocycles. The second-order valence-corrected chi connectivity index (χ2v) is 4.29. The number of nitrogens with zero attached hydrogens (tertiary/aromatic N) is 1. The Morgan fingerprint density at radius 2 is 2.21 bits per heavy atom. The zero-order chi connectivity index (χ0) is 10.5. The fourth-order valence-electron chi connectivity index (χ4n) is 1.72. The van der Waals surface area contributed by atoms with E-state index in [0.29, 0.717) is 10.0 Å². The zero-order valence-electron chi connectivity index (χ0n) is 7.48. The molecular weight excluding hydrogens is 256 g/mol. The first-order valence-corrected chi connectivity index (χ1v) is 5.01. The molecule has 0 saturated carbocycles. The normalized spacial score (nSPS) is 18.3. The fraction of sp³-hybridized carbons (Fsp3) is 0.444. The van der Waals surface area contributed by atoms with Crippen molar-refractivity contribution in [2.24, 2.45) is 0 Å². The van der Waals surface area contributed by atoms with Crippen molar-refractivity contribution >= 4 is 15.9 Å². The third-order valence-electron chi connectivity index (χ3n) is 2.42. The highest BCUT2D eigenvalue weighted by molar-refractivity contribution is 9.10. The van der Waals surface area contributed by atoms with Gasteiger partial charge < -0.3 is 4.57 Å². The Labute approximate surface area is 87.7 Å². The second-order valence-electron chi connectivity index (χ2n) is 3.44. The van der Waals surface area contributed by atoms with Crippen molar-refractivity contribution in [2.45, 2.75) is 25.8 Å². The molecule has 2 heterocycles. The summed E-state index contributed by atoms with van der Waals surface area (Å²) in [6.45, 7) is 1.72. The van der Waals surface area contributed by atoms with Gasteiger partial charge in [-0.2, -0.15) is 8.78 Å². The summed E-state index contributed by atoms with van der Waals surface area (Å²) < 4.78 is 28.1. The lowest BCUT2D eigenvalue weighted by Crippen LogP contribution is -2.23. The van der Waals surface area contributed by atoms with E-state index in [9.17, 15) is 13.6 Å². The van der Waals surface area contributed by atoms with E-state index in [1.165, 1.54) is 6.07 Å². The van der Waals surface area contributed by atoms with Crippen molar-refractivity contribution in [3.05, 3.63) is 32.2 Å². The third-order valence-corrected chi connectivity index (χ3v) is 3.02. The maximum atomic E-state index is 13.3. The van der Waals surface area contributed by atoms with E-state index in [1.54, 1.807) is 6.92 Å². The molecule has 1 aliphatic rings. The van der Waals surface area contributed by atoms with Crippen molar-refractivity contribution in [2.75, 3.05) is 0 Å². The number of aryl methyl sites for hydroxylation is 1. The van der Waals surface area contributed by atoms with Crippen LogP contribution >= 0.6 is 15.9 Å². The largest absolute Gasteiger partial charge is 0.306 e. The Morgan fingerprint density at radius 3 is 2.86 bits per heavy atom. The molecular formula is C9H8BrF2NO. The average molecular weight is 264 g/mol. The first-order chi connectivity index (χ1) is 6.43. The van der Waals surface area contributed by atoms with E-state index in [2.05, 4.69) is 15.9 Å². The topological polar surface area (TPSA) is 22.0 Å². The van der Waals surface area contributed by atoms with Gasteiger partial charge in [0.05, 0.1) is 0 Å². The molecule has 0 atom stereocenters. The van der Waals surface area contributed by atoms with Crippen LogP contribution in [-0.2, 0) is 12.5 Å². The molecule has 0 fully saturated rings. The summed E-state index contributed by atoms with van der Waals surface area (Å²) >= 11 is 3.07. The van der Waals surface area contributed by atoms with Gasteiger partial charge in [-0.1, -0.05) is 0 Å². The van der Waals surface area contributed by atoms with Crippen LogP contribution in [0.3, 0.4) is 0 Å². The second kappa shape index (κ2) is 2.89. The van der Waals surface area contributed by atoms with Crippen LogP contribution in [-0.4, -0.2) is 4.57 Å². The minimum absolute atomic E-state index is 0.0987. The maximum Gasteiger partial charge on any atom is 0.290 e. The molecule has 14 heavy (non-hydrogen) atoms. The summed E-state index contributed by atoms with van der Waals surface area (Å²) in [5.41, 5.74) is -0.0215. The highest BCUT2D eigenvalue weighted by Crippen LogP contribution is 2.40. The van der Waals surface area contributed by atoms with E-state index in [0.717, 1.165) is 4.57 Å². The highest BCUT2D eigenvalue weighted by atomic mass is 79.9. The molecule has 0 unspecified atom stereocenters. The Hall–Kier alpha value is -0.710. The molecule has 0 N–H and O–H groups in total.